The fourth-order valence-corrected chi connectivity index (χ4v) is 2.44. The maximum Gasteiger partial charge on any atom is 0.243 e. The van der Waals surface area contributed by atoms with Crippen LogP contribution in [0.15, 0.2) is 54.9 Å². The summed E-state index contributed by atoms with van der Waals surface area (Å²) < 4.78 is 0. The van der Waals surface area contributed by atoms with Crippen LogP contribution in [0.3, 0.4) is 0 Å². The van der Waals surface area contributed by atoms with Gasteiger partial charge in [0.2, 0.25) is 5.91 Å². The summed E-state index contributed by atoms with van der Waals surface area (Å²) in [6, 6.07) is 14.7. The normalized spacial score (nSPS) is 10.5. The molecule has 1 N–H and O–H groups in total. The summed E-state index contributed by atoms with van der Waals surface area (Å²) >= 11 is 5.83. The van der Waals surface area contributed by atoms with Crippen LogP contribution in [0.1, 0.15) is 0 Å². The number of amides is 1. The highest BCUT2D eigenvalue weighted by molar-refractivity contribution is 6.30. The first-order valence-electron chi connectivity index (χ1n) is 7.10. The van der Waals surface area contributed by atoms with Gasteiger partial charge in [0, 0.05) is 23.1 Å². The summed E-state index contributed by atoms with van der Waals surface area (Å²) in [5, 5.41) is 4.38. The van der Waals surface area contributed by atoms with Gasteiger partial charge in [-0.1, -0.05) is 23.7 Å². The molecule has 0 unspecified atom stereocenters. The molecule has 0 aliphatic heterocycles. The van der Waals surface area contributed by atoms with Crippen LogP contribution in [0.4, 0.5) is 11.5 Å². The molecular weight excluding hydrogens is 312 g/mol. The second-order valence-corrected chi connectivity index (χ2v) is 5.56. The average Bonchev–Trinajstić information content (AvgIpc) is 2.56. The smallest absolute Gasteiger partial charge is 0.243 e. The molecule has 23 heavy (non-hydrogen) atoms. The second-order valence-electron chi connectivity index (χ2n) is 5.13. The molecule has 1 aromatic heterocycles. The lowest BCUT2D eigenvalue weighted by molar-refractivity contribution is -0.114. The van der Waals surface area contributed by atoms with Crippen LogP contribution in [-0.4, -0.2) is 29.5 Å². The number of likely N-dealkylation sites (N-methyl/N-ethyl adjacent to an activating group) is 1. The Morgan fingerprint density at radius 1 is 1.13 bits per heavy atom. The molecular formula is C17H15ClN4O. The van der Waals surface area contributed by atoms with Gasteiger partial charge in [-0.05, 0) is 36.4 Å². The molecule has 0 bridgehead atoms. The molecule has 0 atom stereocenters. The van der Waals surface area contributed by atoms with Crippen molar-refractivity contribution < 1.29 is 4.79 Å². The minimum atomic E-state index is -0.127. The summed E-state index contributed by atoms with van der Waals surface area (Å²) in [6.07, 6.45) is 1.51. The number of halogens is 1. The summed E-state index contributed by atoms with van der Waals surface area (Å²) in [7, 11) is 1.83. The van der Waals surface area contributed by atoms with Gasteiger partial charge in [-0.15, -0.1) is 0 Å². The van der Waals surface area contributed by atoms with E-state index in [4.69, 9.17) is 11.6 Å². The van der Waals surface area contributed by atoms with Crippen LogP contribution < -0.4 is 10.2 Å². The molecule has 0 spiro atoms. The topological polar surface area (TPSA) is 58.1 Å². The third-order valence-corrected chi connectivity index (χ3v) is 3.64. The molecule has 1 heterocycles. The molecule has 3 aromatic rings. The predicted octanol–water partition coefficient (Wildman–Crippen LogP) is 3.36. The number of hydrogen-bond donors (Lipinski definition) is 1. The summed E-state index contributed by atoms with van der Waals surface area (Å²) in [5.74, 6) is 0.597. The number of hydrogen-bond acceptors (Lipinski definition) is 4. The van der Waals surface area contributed by atoms with Crippen molar-refractivity contribution in [3.8, 4) is 0 Å². The lowest BCUT2D eigenvalue weighted by Crippen LogP contribution is -2.30. The van der Waals surface area contributed by atoms with Gasteiger partial charge in [0.1, 0.15) is 12.1 Å². The zero-order valence-corrected chi connectivity index (χ0v) is 13.3. The lowest BCUT2D eigenvalue weighted by atomic mass is 10.2. The third kappa shape index (κ3) is 3.57. The van der Waals surface area contributed by atoms with E-state index in [1.54, 1.807) is 29.2 Å². The van der Waals surface area contributed by atoms with Crippen LogP contribution in [0.25, 0.3) is 10.9 Å². The van der Waals surface area contributed by atoms with Gasteiger partial charge in [0.25, 0.3) is 0 Å². The van der Waals surface area contributed by atoms with E-state index in [9.17, 15) is 4.79 Å². The molecule has 0 saturated carbocycles. The number of rotatable bonds is 4. The van der Waals surface area contributed by atoms with Crippen LogP contribution in [0.5, 0.6) is 0 Å². The molecule has 3 rings (SSSR count). The summed E-state index contributed by atoms with van der Waals surface area (Å²) in [6.45, 7) is 0.184. The van der Waals surface area contributed by atoms with Crippen LogP contribution in [0.2, 0.25) is 5.02 Å². The van der Waals surface area contributed by atoms with Gasteiger partial charge < -0.3 is 10.2 Å². The predicted molar refractivity (Wildman–Crippen MR) is 92.9 cm³/mol. The first-order valence-corrected chi connectivity index (χ1v) is 7.47. The van der Waals surface area contributed by atoms with Gasteiger partial charge in [-0.25, -0.2) is 9.97 Å². The summed E-state index contributed by atoms with van der Waals surface area (Å²) in [5.41, 5.74) is 1.56. The van der Waals surface area contributed by atoms with Crippen LogP contribution >= 0.6 is 11.6 Å². The Labute approximate surface area is 138 Å². The van der Waals surface area contributed by atoms with Crippen molar-refractivity contribution in [1.29, 1.82) is 0 Å². The van der Waals surface area contributed by atoms with E-state index in [1.807, 2.05) is 31.3 Å². The number of aromatic nitrogens is 2. The second kappa shape index (κ2) is 6.62. The van der Waals surface area contributed by atoms with Crippen molar-refractivity contribution in [2.24, 2.45) is 0 Å². The Morgan fingerprint density at radius 2 is 1.87 bits per heavy atom. The molecule has 1 amide bonds. The quantitative estimate of drug-likeness (QED) is 0.798. The highest BCUT2D eigenvalue weighted by Crippen LogP contribution is 2.21. The molecule has 5 nitrogen and oxygen atoms in total. The van der Waals surface area contributed by atoms with Gasteiger partial charge in [-0.2, -0.15) is 0 Å². The Morgan fingerprint density at radius 3 is 2.65 bits per heavy atom. The molecule has 0 radical (unpaired) electrons. The van der Waals surface area contributed by atoms with E-state index in [2.05, 4.69) is 15.3 Å². The minimum Gasteiger partial charge on any atom is -0.350 e. The monoisotopic (exact) mass is 326 g/mol. The number of benzene rings is 2. The maximum atomic E-state index is 12.2. The number of nitrogens with one attached hydrogen (secondary N) is 1. The largest absolute Gasteiger partial charge is 0.350 e. The van der Waals surface area contributed by atoms with Crippen molar-refractivity contribution in [3.05, 3.63) is 59.9 Å². The fraction of sp³-hybridized carbons (Fsp3) is 0.118. The zero-order chi connectivity index (χ0) is 16.2. The number of carbonyl (C=O) groups is 1. The average molecular weight is 327 g/mol. The SMILES string of the molecule is CN(CC(=O)Nc1ccc(Cl)cc1)c1ncnc2ccccc12. The lowest BCUT2D eigenvalue weighted by Gasteiger charge is -2.19. The van der Waals surface area contributed by atoms with Crippen LogP contribution in [-0.2, 0) is 4.79 Å². The van der Waals surface area contributed by atoms with E-state index in [1.165, 1.54) is 6.33 Å². The fourth-order valence-electron chi connectivity index (χ4n) is 2.32. The van der Waals surface area contributed by atoms with Crippen molar-refractivity contribution in [2.75, 3.05) is 23.8 Å². The Bertz CT molecular complexity index is 830. The minimum absolute atomic E-state index is 0.127. The molecule has 0 fully saturated rings. The van der Waals surface area contributed by atoms with Gasteiger partial charge in [0.15, 0.2) is 0 Å². The van der Waals surface area contributed by atoms with Crippen molar-refractivity contribution in [2.45, 2.75) is 0 Å². The summed E-state index contributed by atoms with van der Waals surface area (Å²) in [4.78, 5) is 22.5. The first-order chi connectivity index (χ1) is 11.1. The number of anilines is 2. The molecule has 0 aliphatic carbocycles. The zero-order valence-electron chi connectivity index (χ0n) is 12.5. The Hall–Kier alpha value is -2.66. The number of nitrogens with zero attached hydrogens (tertiary/aromatic N) is 3. The molecule has 116 valence electrons. The highest BCUT2D eigenvalue weighted by Gasteiger charge is 2.12. The number of carbonyl (C=O) groups excluding carboxylic acids is 1. The van der Waals surface area contributed by atoms with Crippen LogP contribution in [0, 0.1) is 0 Å². The van der Waals surface area contributed by atoms with Gasteiger partial charge in [-0.3, -0.25) is 4.79 Å². The van der Waals surface area contributed by atoms with Gasteiger partial charge >= 0.3 is 0 Å². The number of para-hydroxylation sites is 1. The van der Waals surface area contributed by atoms with E-state index in [0.717, 1.165) is 16.7 Å². The molecule has 6 heteroatoms. The van der Waals surface area contributed by atoms with Gasteiger partial charge in [0.05, 0.1) is 12.1 Å². The molecule has 2 aromatic carbocycles. The van der Waals surface area contributed by atoms with Crippen molar-refractivity contribution in [1.82, 2.24) is 9.97 Å². The highest BCUT2D eigenvalue weighted by atomic mass is 35.5. The van der Waals surface area contributed by atoms with Crippen molar-refractivity contribution in [3.63, 3.8) is 0 Å². The molecule has 0 saturated heterocycles. The van der Waals surface area contributed by atoms with E-state index < -0.39 is 0 Å². The van der Waals surface area contributed by atoms with E-state index in [0.29, 0.717) is 10.7 Å². The third-order valence-electron chi connectivity index (χ3n) is 3.39. The van der Waals surface area contributed by atoms with E-state index in [-0.39, 0.29) is 12.5 Å². The Balaban J connectivity index is 1.74. The molecule has 0 aliphatic rings. The van der Waals surface area contributed by atoms with E-state index >= 15 is 0 Å². The first kappa shape index (κ1) is 15.2. The maximum absolute atomic E-state index is 12.2. The van der Waals surface area contributed by atoms with Crippen molar-refractivity contribution >= 4 is 39.9 Å². The Kier molecular flexibility index (Phi) is 4.39. The standard InChI is InChI=1S/C17H15ClN4O/c1-22(10-16(23)21-13-8-6-12(18)7-9-13)17-14-4-2-3-5-15(14)19-11-20-17/h2-9,11H,10H2,1H3,(H,21,23). The number of fused-ring (bicyclic) bond motifs is 1.